The summed E-state index contributed by atoms with van der Waals surface area (Å²) in [5.41, 5.74) is 0.598. The number of Topliss-reactive ketones (excluding diaryl/α,β-unsaturated/α-hetero) is 1. The molecule has 1 aromatic rings. The predicted molar refractivity (Wildman–Crippen MR) is 69.0 cm³/mol. The largest absolute Gasteiger partial charge is 0.491 e. The number of rotatable bonds is 7. The highest BCUT2D eigenvalue weighted by Crippen LogP contribution is 2.14. The minimum Gasteiger partial charge on any atom is -0.491 e. The van der Waals surface area contributed by atoms with Crippen LogP contribution in [-0.2, 0) is 4.74 Å². The van der Waals surface area contributed by atoms with Crippen molar-refractivity contribution in [3.05, 3.63) is 29.8 Å². The average Bonchev–Trinajstić information content (AvgIpc) is 2.34. The maximum Gasteiger partial charge on any atom is 0.159 e. The van der Waals surface area contributed by atoms with Crippen LogP contribution in [0.2, 0.25) is 0 Å². The average molecular weight is 252 g/mol. The minimum atomic E-state index is -0.673. The van der Waals surface area contributed by atoms with Crippen LogP contribution in [0.3, 0.4) is 0 Å². The number of carbonyl (C=O) groups excluding carboxylic acids is 1. The van der Waals surface area contributed by atoms with Crippen molar-refractivity contribution in [1.82, 2.24) is 0 Å². The summed E-state index contributed by atoms with van der Waals surface area (Å²) in [7, 11) is 0. The van der Waals surface area contributed by atoms with Gasteiger partial charge in [-0.3, -0.25) is 4.79 Å². The van der Waals surface area contributed by atoms with Gasteiger partial charge in [0.2, 0.25) is 0 Å². The predicted octanol–water partition coefficient (Wildman–Crippen LogP) is 2.05. The Labute approximate surface area is 108 Å². The Morgan fingerprint density at radius 3 is 2.67 bits per heavy atom. The molecule has 1 aromatic carbocycles. The van der Waals surface area contributed by atoms with Gasteiger partial charge in [0, 0.05) is 5.56 Å². The van der Waals surface area contributed by atoms with Crippen LogP contribution < -0.4 is 4.74 Å². The molecule has 0 spiro atoms. The summed E-state index contributed by atoms with van der Waals surface area (Å²) >= 11 is 0. The van der Waals surface area contributed by atoms with Crippen LogP contribution in [-0.4, -0.2) is 36.3 Å². The molecule has 18 heavy (non-hydrogen) atoms. The van der Waals surface area contributed by atoms with E-state index in [1.807, 2.05) is 13.8 Å². The number of ketones is 1. The molecular weight excluding hydrogens is 232 g/mol. The van der Waals surface area contributed by atoms with Crippen molar-refractivity contribution in [3.8, 4) is 5.75 Å². The Morgan fingerprint density at radius 1 is 1.33 bits per heavy atom. The monoisotopic (exact) mass is 252 g/mol. The van der Waals surface area contributed by atoms with Crippen LogP contribution in [0.15, 0.2) is 24.3 Å². The topological polar surface area (TPSA) is 55.8 Å². The Kier molecular flexibility index (Phi) is 5.82. The lowest BCUT2D eigenvalue weighted by Gasteiger charge is -2.14. The molecule has 1 N–H and O–H groups in total. The number of benzene rings is 1. The van der Waals surface area contributed by atoms with E-state index >= 15 is 0 Å². The van der Waals surface area contributed by atoms with Gasteiger partial charge in [-0.05, 0) is 32.9 Å². The number of carbonyl (C=O) groups is 1. The quantitative estimate of drug-likeness (QED) is 0.755. The van der Waals surface area contributed by atoms with Gasteiger partial charge in [0.05, 0.1) is 12.7 Å². The molecule has 4 nitrogen and oxygen atoms in total. The lowest BCUT2D eigenvalue weighted by Crippen LogP contribution is -2.25. The maximum absolute atomic E-state index is 11.2. The zero-order valence-corrected chi connectivity index (χ0v) is 11.1. The number of hydrogen-bond acceptors (Lipinski definition) is 4. The molecule has 1 rings (SSSR count). The van der Waals surface area contributed by atoms with Gasteiger partial charge in [0.25, 0.3) is 0 Å². The highest BCUT2D eigenvalue weighted by atomic mass is 16.5. The Bertz CT molecular complexity index is 387. The van der Waals surface area contributed by atoms with Gasteiger partial charge in [-0.1, -0.05) is 12.1 Å². The summed E-state index contributed by atoms with van der Waals surface area (Å²) in [6, 6.07) is 6.90. The van der Waals surface area contributed by atoms with Gasteiger partial charge >= 0.3 is 0 Å². The summed E-state index contributed by atoms with van der Waals surface area (Å²) in [5, 5.41) is 9.62. The van der Waals surface area contributed by atoms with Crippen molar-refractivity contribution in [2.45, 2.75) is 33.0 Å². The van der Waals surface area contributed by atoms with E-state index in [0.717, 1.165) is 0 Å². The fourth-order valence-electron chi connectivity index (χ4n) is 1.35. The fourth-order valence-corrected chi connectivity index (χ4v) is 1.35. The second-order valence-corrected chi connectivity index (χ2v) is 4.43. The van der Waals surface area contributed by atoms with E-state index in [-0.39, 0.29) is 25.1 Å². The zero-order valence-electron chi connectivity index (χ0n) is 11.1. The van der Waals surface area contributed by atoms with Gasteiger partial charge in [-0.25, -0.2) is 0 Å². The highest BCUT2D eigenvalue weighted by molar-refractivity contribution is 5.94. The van der Waals surface area contributed by atoms with Gasteiger partial charge in [0.15, 0.2) is 5.78 Å². The van der Waals surface area contributed by atoms with E-state index < -0.39 is 6.10 Å². The third-order valence-corrected chi connectivity index (χ3v) is 2.30. The molecule has 0 aliphatic rings. The molecule has 0 bridgehead atoms. The van der Waals surface area contributed by atoms with E-state index in [9.17, 15) is 9.90 Å². The fraction of sp³-hybridized carbons (Fsp3) is 0.500. The van der Waals surface area contributed by atoms with Crippen molar-refractivity contribution in [2.24, 2.45) is 0 Å². The van der Waals surface area contributed by atoms with Crippen LogP contribution in [0.5, 0.6) is 5.75 Å². The van der Waals surface area contributed by atoms with E-state index in [4.69, 9.17) is 9.47 Å². The highest BCUT2D eigenvalue weighted by Gasteiger charge is 2.07. The molecule has 4 heteroatoms. The van der Waals surface area contributed by atoms with Crippen molar-refractivity contribution in [2.75, 3.05) is 13.2 Å². The first kappa shape index (κ1) is 14.7. The summed E-state index contributed by atoms with van der Waals surface area (Å²) in [4.78, 5) is 11.2. The molecule has 0 amide bonds. The van der Waals surface area contributed by atoms with Crippen molar-refractivity contribution in [3.63, 3.8) is 0 Å². The summed E-state index contributed by atoms with van der Waals surface area (Å²) in [6.45, 7) is 5.70. The van der Waals surface area contributed by atoms with Crippen LogP contribution >= 0.6 is 0 Å². The Morgan fingerprint density at radius 2 is 2.06 bits per heavy atom. The van der Waals surface area contributed by atoms with Gasteiger partial charge in [-0.15, -0.1) is 0 Å². The molecule has 0 aliphatic heterocycles. The lowest BCUT2D eigenvalue weighted by atomic mass is 10.1. The lowest BCUT2D eigenvalue weighted by molar-refractivity contribution is -0.0122. The van der Waals surface area contributed by atoms with Gasteiger partial charge in [0.1, 0.15) is 18.5 Å². The molecule has 0 fully saturated rings. The van der Waals surface area contributed by atoms with Crippen LogP contribution in [0.4, 0.5) is 0 Å². The van der Waals surface area contributed by atoms with Gasteiger partial charge in [-0.2, -0.15) is 0 Å². The molecule has 0 unspecified atom stereocenters. The standard InChI is InChI=1S/C14H20O4/c1-10(2)17-8-13(16)9-18-14-6-4-5-12(7-14)11(3)15/h4-7,10,13,16H,8-9H2,1-3H3/t13-/m0/s1. The van der Waals surface area contributed by atoms with E-state index in [0.29, 0.717) is 11.3 Å². The molecule has 100 valence electrons. The SMILES string of the molecule is CC(=O)c1cccc(OC[C@@H](O)COC(C)C)c1. The molecule has 0 aliphatic carbocycles. The zero-order chi connectivity index (χ0) is 13.5. The van der Waals surface area contributed by atoms with E-state index in [1.54, 1.807) is 24.3 Å². The second kappa shape index (κ2) is 7.13. The number of hydrogen-bond donors (Lipinski definition) is 1. The summed E-state index contributed by atoms with van der Waals surface area (Å²) in [5.74, 6) is 0.565. The molecular formula is C14H20O4. The molecule has 0 aromatic heterocycles. The first-order valence-corrected chi connectivity index (χ1v) is 6.02. The first-order valence-electron chi connectivity index (χ1n) is 6.02. The van der Waals surface area contributed by atoms with Gasteiger partial charge < -0.3 is 14.6 Å². The van der Waals surface area contributed by atoms with Crippen LogP contribution in [0.25, 0.3) is 0 Å². The molecule has 0 saturated heterocycles. The maximum atomic E-state index is 11.2. The van der Waals surface area contributed by atoms with E-state index in [1.165, 1.54) is 6.92 Å². The van der Waals surface area contributed by atoms with Crippen molar-refractivity contribution < 1.29 is 19.4 Å². The van der Waals surface area contributed by atoms with Crippen molar-refractivity contribution >= 4 is 5.78 Å². The number of aliphatic hydroxyl groups is 1. The smallest absolute Gasteiger partial charge is 0.159 e. The third-order valence-electron chi connectivity index (χ3n) is 2.30. The summed E-state index contributed by atoms with van der Waals surface area (Å²) in [6.07, 6.45) is -0.589. The van der Waals surface area contributed by atoms with E-state index in [2.05, 4.69) is 0 Å². The minimum absolute atomic E-state index is 0.0101. The Balaban J connectivity index is 2.43. The number of ether oxygens (including phenoxy) is 2. The normalized spacial score (nSPS) is 12.5. The molecule has 0 heterocycles. The van der Waals surface area contributed by atoms with Crippen LogP contribution in [0.1, 0.15) is 31.1 Å². The molecule has 0 radical (unpaired) electrons. The third kappa shape index (κ3) is 5.29. The van der Waals surface area contributed by atoms with Crippen LogP contribution in [0, 0.1) is 0 Å². The molecule has 1 atom stereocenters. The molecule has 0 saturated carbocycles. The van der Waals surface area contributed by atoms with Crippen molar-refractivity contribution in [1.29, 1.82) is 0 Å². The first-order chi connectivity index (χ1) is 8.49. The Hall–Kier alpha value is -1.39. The second-order valence-electron chi connectivity index (χ2n) is 4.43. The number of aliphatic hydroxyl groups excluding tert-OH is 1. The summed E-state index contributed by atoms with van der Waals surface area (Å²) < 4.78 is 10.7.